The number of likely N-dealkylation sites (N-methyl/N-ethyl adjacent to an activating group) is 1. The van der Waals surface area contributed by atoms with Crippen LogP contribution in [0.5, 0.6) is 0 Å². The van der Waals surface area contributed by atoms with Gasteiger partial charge in [-0.1, -0.05) is 23.7 Å². The fraction of sp³-hybridized carbons (Fsp3) is 0.462. The van der Waals surface area contributed by atoms with Gasteiger partial charge in [0.2, 0.25) is 5.91 Å². The van der Waals surface area contributed by atoms with Crippen molar-refractivity contribution < 1.29 is 4.79 Å². The van der Waals surface area contributed by atoms with Crippen LogP contribution in [0.2, 0.25) is 5.02 Å². The van der Waals surface area contributed by atoms with E-state index in [0.717, 1.165) is 5.56 Å². The first kappa shape index (κ1) is 12.4. The third kappa shape index (κ3) is 4.02. The monoisotopic (exact) mass is 252 g/mol. The molecule has 17 heavy (non-hydrogen) atoms. The summed E-state index contributed by atoms with van der Waals surface area (Å²) in [4.78, 5) is 13.5. The van der Waals surface area contributed by atoms with Gasteiger partial charge in [0.1, 0.15) is 0 Å². The lowest BCUT2D eigenvalue weighted by molar-refractivity contribution is -0.129. The molecule has 0 aromatic heterocycles. The Bertz CT molecular complexity index is 404. The lowest BCUT2D eigenvalue weighted by Gasteiger charge is -2.17. The zero-order valence-corrected chi connectivity index (χ0v) is 10.7. The summed E-state index contributed by atoms with van der Waals surface area (Å²) in [6.45, 7) is 1.04. The molecule has 2 rings (SSSR count). The fourth-order valence-corrected chi connectivity index (χ4v) is 1.86. The van der Waals surface area contributed by atoms with Crippen molar-refractivity contribution in [2.75, 3.05) is 13.6 Å². The Morgan fingerprint density at radius 3 is 2.94 bits per heavy atom. The molecule has 0 aliphatic heterocycles. The van der Waals surface area contributed by atoms with Crippen molar-refractivity contribution in [3.8, 4) is 0 Å². The predicted molar refractivity (Wildman–Crippen MR) is 69.0 cm³/mol. The molecule has 0 heterocycles. The zero-order valence-electron chi connectivity index (χ0n) is 9.95. The third-order valence-corrected chi connectivity index (χ3v) is 3.09. The summed E-state index contributed by atoms with van der Waals surface area (Å²) in [6, 6.07) is 8.17. The molecule has 92 valence electrons. The number of amides is 1. The van der Waals surface area contributed by atoms with Crippen LogP contribution in [0.1, 0.15) is 18.4 Å². The average molecular weight is 253 g/mol. The molecule has 0 bridgehead atoms. The minimum absolute atomic E-state index is 0.122. The highest BCUT2D eigenvalue weighted by Gasteiger charge is 2.21. The summed E-state index contributed by atoms with van der Waals surface area (Å²) in [5, 5.41) is 3.92. The zero-order chi connectivity index (χ0) is 12.3. The first-order chi connectivity index (χ1) is 8.15. The maximum atomic E-state index is 11.8. The van der Waals surface area contributed by atoms with Crippen LogP contribution in [0.3, 0.4) is 0 Å². The Labute approximate surface area is 107 Å². The van der Waals surface area contributed by atoms with Crippen molar-refractivity contribution in [1.29, 1.82) is 0 Å². The molecule has 1 saturated carbocycles. The molecule has 3 nitrogen and oxygen atoms in total. The van der Waals surface area contributed by atoms with E-state index in [0.29, 0.717) is 24.2 Å². The number of benzene rings is 1. The summed E-state index contributed by atoms with van der Waals surface area (Å²) in [6.07, 6.45) is 2.40. The van der Waals surface area contributed by atoms with Gasteiger partial charge in [0, 0.05) is 24.7 Å². The Morgan fingerprint density at radius 2 is 2.29 bits per heavy atom. The summed E-state index contributed by atoms with van der Waals surface area (Å²) in [7, 11) is 1.82. The third-order valence-electron chi connectivity index (χ3n) is 2.85. The van der Waals surface area contributed by atoms with E-state index in [1.54, 1.807) is 4.90 Å². The molecule has 0 saturated heterocycles. The molecule has 1 aromatic rings. The van der Waals surface area contributed by atoms with E-state index in [1.165, 1.54) is 12.8 Å². The number of rotatable bonds is 5. The summed E-state index contributed by atoms with van der Waals surface area (Å²) >= 11 is 5.90. The molecule has 1 fully saturated rings. The molecule has 1 aliphatic rings. The topological polar surface area (TPSA) is 32.3 Å². The van der Waals surface area contributed by atoms with E-state index >= 15 is 0 Å². The normalized spacial score (nSPS) is 14.7. The molecular weight excluding hydrogens is 236 g/mol. The number of hydrogen-bond donors (Lipinski definition) is 1. The Hall–Kier alpha value is -1.06. The van der Waals surface area contributed by atoms with E-state index in [9.17, 15) is 4.79 Å². The molecular formula is C13H17ClN2O. The number of carbonyl (C=O) groups is 1. The second-order valence-electron chi connectivity index (χ2n) is 4.53. The lowest BCUT2D eigenvalue weighted by Crippen LogP contribution is -2.35. The van der Waals surface area contributed by atoms with Crippen LogP contribution in [0.15, 0.2) is 24.3 Å². The van der Waals surface area contributed by atoms with E-state index in [2.05, 4.69) is 5.32 Å². The average Bonchev–Trinajstić information content (AvgIpc) is 3.09. The standard InChI is InChI=1S/C13H17ClN2O/c1-16(13(17)8-15-12-5-6-12)9-10-3-2-4-11(14)7-10/h2-4,7,12,15H,5-6,8-9H2,1H3. The molecule has 1 aliphatic carbocycles. The van der Waals surface area contributed by atoms with E-state index in [4.69, 9.17) is 11.6 Å². The lowest BCUT2D eigenvalue weighted by atomic mass is 10.2. The van der Waals surface area contributed by atoms with Gasteiger partial charge in [0.05, 0.1) is 6.54 Å². The SMILES string of the molecule is CN(Cc1cccc(Cl)c1)C(=O)CNC1CC1. The number of halogens is 1. The van der Waals surface area contributed by atoms with Crippen molar-refractivity contribution >= 4 is 17.5 Å². The number of carbonyl (C=O) groups excluding carboxylic acids is 1. The van der Waals surface area contributed by atoms with Crippen molar-refractivity contribution in [1.82, 2.24) is 10.2 Å². The number of hydrogen-bond acceptors (Lipinski definition) is 2. The highest BCUT2D eigenvalue weighted by molar-refractivity contribution is 6.30. The summed E-state index contributed by atoms with van der Waals surface area (Å²) in [5.74, 6) is 0.122. The molecule has 0 unspecified atom stereocenters. The molecule has 0 atom stereocenters. The van der Waals surface area contributed by atoms with Crippen LogP contribution in [0.4, 0.5) is 0 Å². The van der Waals surface area contributed by atoms with Gasteiger partial charge >= 0.3 is 0 Å². The highest BCUT2D eigenvalue weighted by atomic mass is 35.5. The molecule has 1 amide bonds. The van der Waals surface area contributed by atoms with Crippen LogP contribution >= 0.6 is 11.6 Å². The van der Waals surface area contributed by atoms with Gasteiger partial charge in [0.25, 0.3) is 0 Å². The highest BCUT2D eigenvalue weighted by Crippen LogP contribution is 2.18. The van der Waals surface area contributed by atoms with Gasteiger partial charge in [-0.15, -0.1) is 0 Å². The first-order valence-corrected chi connectivity index (χ1v) is 6.25. The van der Waals surface area contributed by atoms with Gasteiger partial charge in [-0.2, -0.15) is 0 Å². The minimum atomic E-state index is 0.122. The van der Waals surface area contributed by atoms with Crippen LogP contribution in [-0.2, 0) is 11.3 Å². The molecule has 4 heteroatoms. The molecule has 0 spiro atoms. The maximum absolute atomic E-state index is 11.8. The van der Waals surface area contributed by atoms with Crippen LogP contribution in [0, 0.1) is 0 Å². The van der Waals surface area contributed by atoms with E-state index < -0.39 is 0 Å². The van der Waals surface area contributed by atoms with Gasteiger partial charge in [-0.25, -0.2) is 0 Å². The smallest absolute Gasteiger partial charge is 0.236 e. The predicted octanol–water partition coefficient (Wildman–Crippen LogP) is 2.05. The number of nitrogens with one attached hydrogen (secondary N) is 1. The fourth-order valence-electron chi connectivity index (χ4n) is 1.65. The molecule has 1 aromatic carbocycles. The minimum Gasteiger partial charge on any atom is -0.340 e. The Kier molecular flexibility index (Phi) is 4.02. The first-order valence-electron chi connectivity index (χ1n) is 5.87. The quantitative estimate of drug-likeness (QED) is 0.870. The van der Waals surface area contributed by atoms with Crippen molar-refractivity contribution in [3.63, 3.8) is 0 Å². The van der Waals surface area contributed by atoms with E-state index in [-0.39, 0.29) is 5.91 Å². The van der Waals surface area contributed by atoms with Crippen LogP contribution in [-0.4, -0.2) is 30.4 Å². The van der Waals surface area contributed by atoms with Crippen LogP contribution < -0.4 is 5.32 Å². The van der Waals surface area contributed by atoms with Crippen molar-refractivity contribution in [2.45, 2.75) is 25.4 Å². The summed E-state index contributed by atoms with van der Waals surface area (Å²) < 4.78 is 0. The Morgan fingerprint density at radius 1 is 1.53 bits per heavy atom. The second-order valence-corrected chi connectivity index (χ2v) is 4.97. The summed E-state index contributed by atoms with van der Waals surface area (Å²) in [5.41, 5.74) is 1.06. The maximum Gasteiger partial charge on any atom is 0.236 e. The second kappa shape index (κ2) is 5.52. The van der Waals surface area contributed by atoms with Gasteiger partial charge in [-0.3, -0.25) is 4.79 Å². The van der Waals surface area contributed by atoms with Gasteiger partial charge in [-0.05, 0) is 30.5 Å². The van der Waals surface area contributed by atoms with Gasteiger partial charge < -0.3 is 10.2 Å². The largest absolute Gasteiger partial charge is 0.340 e. The van der Waals surface area contributed by atoms with Crippen molar-refractivity contribution in [2.24, 2.45) is 0 Å². The number of nitrogens with zero attached hydrogens (tertiary/aromatic N) is 1. The van der Waals surface area contributed by atoms with Gasteiger partial charge in [0.15, 0.2) is 0 Å². The molecule has 0 radical (unpaired) electrons. The molecule has 1 N–H and O–H groups in total. The van der Waals surface area contributed by atoms with Crippen molar-refractivity contribution in [3.05, 3.63) is 34.9 Å². The Balaban J connectivity index is 1.82. The van der Waals surface area contributed by atoms with E-state index in [1.807, 2.05) is 31.3 Å². The van der Waals surface area contributed by atoms with Crippen LogP contribution in [0.25, 0.3) is 0 Å².